The van der Waals surface area contributed by atoms with E-state index in [1.807, 2.05) is 28.2 Å². The van der Waals surface area contributed by atoms with Crippen LogP contribution in [0.3, 0.4) is 0 Å². The number of rotatable bonds is 5. The fourth-order valence-corrected chi connectivity index (χ4v) is 3.46. The molecule has 0 unspecified atom stereocenters. The Morgan fingerprint density at radius 2 is 1.06 bits per heavy atom. The van der Waals surface area contributed by atoms with Gasteiger partial charge in [-0.15, -0.1) is 0 Å². The molecule has 3 rings (SSSR count). The van der Waals surface area contributed by atoms with E-state index < -0.39 is 11.7 Å². The highest BCUT2D eigenvalue weighted by Gasteiger charge is 2.29. The van der Waals surface area contributed by atoms with E-state index in [0.717, 1.165) is 17.7 Å². The Balaban J connectivity index is 0.000000258. The topological polar surface area (TPSA) is 6.48 Å². The number of halogens is 3. The van der Waals surface area contributed by atoms with E-state index in [1.54, 1.807) is 0 Å². The van der Waals surface area contributed by atoms with E-state index in [9.17, 15) is 13.2 Å². The zero-order chi connectivity index (χ0) is 23.9. The van der Waals surface area contributed by atoms with Crippen molar-refractivity contribution in [1.82, 2.24) is 0 Å². The van der Waals surface area contributed by atoms with E-state index in [-0.39, 0.29) is 5.25 Å². The third-order valence-corrected chi connectivity index (χ3v) is 5.88. The van der Waals surface area contributed by atoms with Gasteiger partial charge in [0.05, 0.1) is 10.8 Å². The lowest BCUT2D eigenvalue weighted by molar-refractivity contribution is -0.137. The van der Waals surface area contributed by atoms with Crippen molar-refractivity contribution in [2.45, 2.75) is 17.2 Å². The summed E-state index contributed by atoms with van der Waals surface area (Å²) in [5, 5.41) is 0.113. The van der Waals surface area contributed by atoms with Gasteiger partial charge in [-0.2, -0.15) is 38.4 Å². The first-order valence-corrected chi connectivity index (χ1v) is 11.2. The molecule has 0 aliphatic carbocycles. The van der Waals surface area contributed by atoms with Gasteiger partial charge in [-0.25, -0.2) is 0 Å². The molecule has 0 fully saturated rings. The van der Waals surface area contributed by atoms with Crippen molar-refractivity contribution in [2.24, 2.45) is 0 Å². The van der Waals surface area contributed by atoms with Crippen molar-refractivity contribution in [3.63, 3.8) is 0 Å². The molecular weight excluding hydrogens is 449 g/mol. The third-order valence-electron chi connectivity index (χ3n) is 4.91. The summed E-state index contributed by atoms with van der Waals surface area (Å²) in [5.74, 6) is 0.456. The zero-order valence-electron chi connectivity index (χ0n) is 18.6. The molecule has 0 aromatic heterocycles. The normalized spacial score (nSPS) is 11.1. The number of anilines is 2. The van der Waals surface area contributed by atoms with Gasteiger partial charge in [0.15, 0.2) is 0 Å². The minimum atomic E-state index is -4.24. The molecule has 172 valence electrons. The molecule has 0 atom stereocenters. The summed E-state index contributed by atoms with van der Waals surface area (Å²) >= 11 is 8.69. The zero-order valence-corrected chi connectivity index (χ0v) is 20.4. The Kier molecular flexibility index (Phi) is 9.40. The number of thiol groups is 2. The fraction of sp³-hybridized carbons (Fsp3) is 0.280. The number of alkyl halides is 3. The van der Waals surface area contributed by atoms with Crippen molar-refractivity contribution in [2.75, 3.05) is 38.0 Å². The van der Waals surface area contributed by atoms with Crippen LogP contribution in [0.1, 0.15) is 27.5 Å². The summed E-state index contributed by atoms with van der Waals surface area (Å²) in [6.45, 7) is 0. The molecule has 0 spiro atoms. The predicted octanol–water partition coefficient (Wildman–Crippen LogP) is 6.97. The monoisotopic (exact) mass is 478 g/mol. The average Bonchev–Trinajstić information content (AvgIpc) is 2.78. The van der Waals surface area contributed by atoms with E-state index in [1.165, 1.54) is 34.6 Å². The number of hydrogen-bond acceptors (Lipinski definition) is 4. The molecule has 3 aromatic carbocycles. The number of benzene rings is 3. The van der Waals surface area contributed by atoms with Crippen LogP contribution in [0.25, 0.3) is 0 Å². The second-order valence-corrected chi connectivity index (χ2v) is 8.56. The van der Waals surface area contributed by atoms with Gasteiger partial charge in [-0.1, -0.05) is 36.4 Å². The maximum atomic E-state index is 12.0. The Morgan fingerprint density at radius 1 is 0.688 bits per heavy atom. The van der Waals surface area contributed by atoms with Gasteiger partial charge in [0, 0.05) is 45.3 Å². The van der Waals surface area contributed by atoms with E-state index in [2.05, 4.69) is 71.0 Å². The molecule has 0 saturated carbocycles. The summed E-state index contributed by atoms with van der Waals surface area (Å²) in [7, 11) is 8.20. The molecule has 0 aliphatic heterocycles. The highest BCUT2D eigenvalue weighted by molar-refractivity contribution is 7.80. The maximum Gasteiger partial charge on any atom is 0.416 e. The SMILES string of the molecule is CN(C)c1ccc(C(S)c2ccc(N(C)C)cc2)cc1.FC(F)(F)c1ccc(CS)cc1. The van der Waals surface area contributed by atoms with Crippen LogP contribution in [0.4, 0.5) is 24.5 Å². The van der Waals surface area contributed by atoms with Gasteiger partial charge < -0.3 is 9.80 Å². The number of nitrogens with zero attached hydrogens (tertiary/aromatic N) is 2. The Hall–Kier alpha value is -2.25. The highest BCUT2D eigenvalue weighted by Crippen LogP contribution is 2.31. The average molecular weight is 479 g/mol. The van der Waals surface area contributed by atoms with Crippen LogP contribution in [0, 0.1) is 0 Å². The lowest BCUT2D eigenvalue weighted by Crippen LogP contribution is -2.09. The summed E-state index contributed by atoms with van der Waals surface area (Å²) in [6.07, 6.45) is -4.24. The van der Waals surface area contributed by atoms with Crippen molar-refractivity contribution in [1.29, 1.82) is 0 Å². The standard InChI is InChI=1S/C17H22N2S.C8H7F3S/c1-18(2)15-9-5-13(6-10-15)17(20)14-7-11-16(12-8-14)19(3)4;9-8(10,11)7-3-1-6(5-12)2-4-7/h5-12,17,20H,1-4H3;1-4,12H,5H2. The van der Waals surface area contributed by atoms with E-state index in [4.69, 9.17) is 12.6 Å². The minimum absolute atomic E-state index is 0.113. The first-order chi connectivity index (χ1) is 15.0. The van der Waals surface area contributed by atoms with Crippen molar-refractivity contribution in [3.05, 3.63) is 95.1 Å². The second kappa shape index (κ2) is 11.6. The predicted molar refractivity (Wildman–Crippen MR) is 137 cm³/mol. The van der Waals surface area contributed by atoms with Crippen LogP contribution >= 0.6 is 25.3 Å². The van der Waals surface area contributed by atoms with Gasteiger partial charge in [0.1, 0.15) is 0 Å². The van der Waals surface area contributed by atoms with Gasteiger partial charge in [0.25, 0.3) is 0 Å². The third kappa shape index (κ3) is 7.41. The number of hydrogen-bond donors (Lipinski definition) is 2. The molecule has 2 nitrogen and oxygen atoms in total. The van der Waals surface area contributed by atoms with Gasteiger partial charge >= 0.3 is 6.18 Å². The van der Waals surface area contributed by atoms with Crippen molar-refractivity contribution >= 4 is 36.6 Å². The maximum absolute atomic E-state index is 12.0. The molecule has 0 N–H and O–H groups in total. The Labute approximate surface area is 199 Å². The largest absolute Gasteiger partial charge is 0.416 e. The van der Waals surface area contributed by atoms with Crippen LogP contribution < -0.4 is 9.80 Å². The summed E-state index contributed by atoms with van der Waals surface area (Å²) in [5.41, 5.74) is 5.02. The summed E-state index contributed by atoms with van der Waals surface area (Å²) < 4.78 is 36.0. The van der Waals surface area contributed by atoms with Crippen LogP contribution in [0.5, 0.6) is 0 Å². The molecule has 0 aliphatic rings. The summed E-state index contributed by atoms with van der Waals surface area (Å²) in [4.78, 5) is 4.20. The van der Waals surface area contributed by atoms with Gasteiger partial charge in [-0.3, -0.25) is 0 Å². The van der Waals surface area contributed by atoms with Gasteiger partial charge in [-0.05, 0) is 53.1 Å². The molecule has 0 radical (unpaired) electrons. The van der Waals surface area contributed by atoms with E-state index >= 15 is 0 Å². The molecule has 0 bridgehead atoms. The van der Waals surface area contributed by atoms with Crippen molar-refractivity contribution < 1.29 is 13.2 Å². The van der Waals surface area contributed by atoms with E-state index in [0.29, 0.717) is 5.75 Å². The smallest absolute Gasteiger partial charge is 0.378 e. The molecule has 3 aromatic rings. The van der Waals surface area contributed by atoms with Crippen LogP contribution in [0.2, 0.25) is 0 Å². The lowest BCUT2D eigenvalue weighted by Gasteiger charge is -2.17. The first kappa shape index (κ1) is 26.0. The van der Waals surface area contributed by atoms with Crippen LogP contribution in [-0.4, -0.2) is 28.2 Å². The molecule has 32 heavy (non-hydrogen) atoms. The fourth-order valence-electron chi connectivity index (χ4n) is 2.90. The van der Waals surface area contributed by atoms with Gasteiger partial charge in [0.2, 0.25) is 0 Å². The van der Waals surface area contributed by atoms with Crippen LogP contribution in [0.15, 0.2) is 72.8 Å². The molecule has 0 heterocycles. The molecule has 7 heteroatoms. The quantitative estimate of drug-likeness (QED) is 0.382. The first-order valence-electron chi connectivity index (χ1n) is 10.0. The van der Waals surface area contributed by atoms with Crippen LogP contribution in [-0.2, 0) is 11.9 Å². The second-order valence-electron chi connectivity index (χ2n) is 7.73. The lowest BCUT2D eigenvalue weighted by atomic mass is 10.0. The molecule has 0 amide bonds. The molecular formula is C25H29F3N2S2. The minimum Gasteiger partial charge on any atom is -0.378 e. The Morgan fingerprint density at radius 3 is 1.34 bits per heavy atom. The summed E-state index contributed by atoms with van der Waals surface area (Å²) in [6, 6.07) is 22.1. The van der Waals surface area contributed by atoms with Crippen molar-refractivity contribution in [3.8, 4) is 0 Å². The Bertz CT molecular complexity index is 901. The highest BCUT2D eigenvalue weighted by atomic mass is 32.1. The molecule has 0 saturated heterocycles.